The smallest absolute Gasteiger partial charge is 0.292 e. The van der Waals surface area contributed by atoms with E-state index in [1.807, 2.05) is 13.0 Å². The molecule has 6 nitrogen and oxygen atoms in total. The Bertz CT molecular complexity index is 982. The average Bonchev–Trinajstić information content (AvgIpc) is 3.11. The van der Waals surface area contributed by atoms with E-state index in [-0.39, 0.29) is 5.82 Å². The number of anilines is 1. The number of nitrogens with one attached hydrogen (secondary N) is 1. The summed E-state index contributed by atoms with van der Waals surface area (Å²) in [4.78, 5) is 4.14. The van der Waals surface area contributed by atoms with Gasteiger partial charge in [-0.25, -0.2) is 4.39 Å². The van der Waals surface area contributed by atoms with Crippen molar-refractivity contribution in [3.05, 3.63) is 71.1 Å². The summed E-state index contributed by atoms with van der Waals surface area (Å²) in [6.45, 7) is 6.47. The molecule has 1 fully saturated rings. The van der Waals surface area contributed by atoms with Crippen LogP contribution in [0.2, 0.25) is 0 Å². The standard InChI is InChI=1S/C21H23FN4O2S/c1-16(27-19-9-7-17(22)8-10-19)20-23-26(21(29)28-20)15-24-11-13-25(14-12-24)18-5-3-2-4-6-18/h2-10,16H,11-15H2,1H3/p+1/t16-/m0/s1. The SMILES string of the molecule is C[C@H](Oc1ccc(F)cc1)c1nn(C[NH+]2CCN(c3ccccc3)CC2)c(=S)o1. The molecule has 1 N–H and O–H groups in total. The Morgan fingerprint density at radius 2 is 1.83 bits per heavy atom. The molecule has 8 heteroatoms. The van der Waals surface area contributed by atoms with Crippen molar-refractivity contribution in [2.24, 2.45) is 0 Å². The number of rotatable bonds is 6. The van der Waals surface area contributed by atoms with Gasteiger partial charge in [0.25, 0.3) is 10.7 Å². The number of hydrogen-bond donors (Lipinski definition) is 1. The maximum Gasteiger partial charge on any atom is 0.292 e. The van der Waals surface area contributed by atoms with Gasteiger partial charge in [-0.15, -0.1) is 5.10 Å². The van der Waals surface area contributed by atoms with Gasteiger partial charge in [-0.2, -0.15) is 4.68 Å². The van der Waals surface area contributed by atoms with Crippen LogP contribution >= 0.6 is 12.2 Å². The molecule has 29 heavy (non-hydrogen) atoms. The van der Waals surface area contributed by atoms with Crippen molar-refractivity contribution in [3.63, 3.8) is 0 Å². The molecule has 4 rings (SSSR count). The number of nitrogens with zero attached hydrogens (tertiary/aromatic N) is 3. The topological polar surface area (TPSA) is 47.9 Å². The summed E-state index contributed by atoms with van der Waals surface area (Å²) in [5.74, 6) is 0.668. The molecule has 152 valence electrons. The Kier molecular flexibility index (Phi) is 5.92. The summed E-state index contributed by atoms with van der Waals surface area (Å²) in [5.41, 5.74) is 1.26. The monoisotopic (exact) mass is 415 g/mol. The van der Waals surface area contributed by atoms with Crippen molar-refractivity contribution >= 4 is 17.9 Å². The molecule has 0 bridgehead atoms. The maximum absolute atomic E-state index is 13.0. The highest BCUT2D eigenvalue weighted by atomic mass is 32.1. The quantitative estimate of drug-likeness (QED) is 0.628. The number of halogens is 1. The van der Waals surface area contributed by atoms with Crippen LogP contribution in [-0.2, 0) is 6.67 Å². The Balaban J connectivity index is 1.35. The van der Waals surface area contributed by atoms with Crippen LogP contribution < -0.4 is 14.5 Å². The van der Waals surface area contributed by atoms with Crippen LogP contribution in [0.4, 0.5) is 10.1 Å². The lowest BCUT2D eigenvalue weighted by Crippen LogP contribution is -3.14. The van der Waals surface area contributed by atoms with Crippen molar-refractivity contribution in [3.8, 4) is 5.75 Å². The number of aromatic nitrogens is 2. The maximum atomic E-state index is 13.0. The summed E-state index contributed by atoms with van der Waals surface area (Å²) in [6.07, 6.45) is -0.423. The molecule has 0 aliphatic carbocycles. The lowest BCUT2D eigenvalue weighted by molar-refractivity contribution is -0.924. The van der Waals surface area contributed by atoms with E-state index in [0.717, 1.165) is 26.2 Å². The highest BCUT2D eigenvalue weighted by molar-refractivity contribution is 7.71. The third-order valence-electron chi connectivity index (χ3n) is 5.06. The first-order chi connectivity index (χ1) is 14.1. The van der Waals surface area contributed by atoms with Gasteiger partial charge in [0.15, 0.2) is 12.8 Å². The number of hydrogen-bond acceptors (Lipinski definition) is 5. The first kappa shape index (κ1) is 19.6. The van der Waals surface area contributed by atoms with Crippen LogP contribution in [0.5, 0.6) is 5.75 Å². The van der Waals surface area contributed by atoms with Gasteiger partial charge in [0.2, 0.25) is 0 Å². The Hall–Kier alpha value is -2.71. The molecule has 1 atom stereocenters. The van der Waals surface area contributed by atoms with Gasteiger partial charge in [0, 0.05) is 5.69 Å². The van der Waals surface area contributed by atoms with E-state index in [2.05, 4.69) is 34.3 Å². The number of ether oxygens (including phenoxy) is 1. The van der Waals surface area contributed by atoms with Gasteiger partial charge in [-0.05, 0) is 55.5 Å². The molecule has 2 aromatic carbocycles. The van der Waals surface area contributed by atoms with Gasteiger partial charge in [-0.1, -0.05) is 18.2 Å². The lowest BCUT2D eigenvalue weighted by atomic mass is 10.2. The first-order valence-electron chi connectivity index (χ1n) is 9.72. The number of para-hydroxylation sites is 1. The largest absolute Gasteiger partial charge is 0.481 e. The normalized spacial score (nSPS) is 16.0. The molecule has 1 aliphatic heterocycles. The Labute approximate surface area is 174 Å². The van der Waals surface area contributed by atoms with Crippen molar-refractivity contribution in [1.29, 1.82) is 0 Å². The summed E-state index contributed by atoms with van der Waals surface area (Å²) < 4.78 is 26.2. The van der Waals surface area contributed by atoms with E-state index in [1.165, 1.54) is 22.7 Å². The zero-order chi connectivity index (χ0) is 20.2. The van der Waals surface area contributed by atoms with E-state index in [0.29, 0.717) is 23.1 Å². The van der Waals surface area contributed by atoms with Gasteiger partial charge < -0.3 is 19.0 Å². The molecule has 3 aromatic rings. The van der Waals surface area contributed by atoms with E-state index < -0.39 is 6.10 Å². The molecule has 1 aromatic heterocycles. The molecular formula is C21H24FN4O2S+. The summed E-state index contributed by atoms with van der Waals surface area (Å²) >= 11 is 5.35. The van der Waals surface area contributed by atoms with Gasteiger partial charge in [0.05, 0.1) is 26.2 Å². The second-order valence-electron chi connectivity index (χ2n) is 7.15. The van der Waals surface area contributed by atoms with Crippen LogP contribution in [0, 0.1) is 10.7 Å². The van der Waals surface area contributed by atoms with Crippen molar-refractivity contribution in [1.82, 2.24) is 9.78 Å². The minimum Gasteiger partial charge on any atom is -0.481 e. The lowest BCUT2D eigenvalue weighted by Gasteiger charge is -2.33. The predicted octanol–water partition coefficient (Wildman–Crippen LogP) is 2.85. The Morgan fingerprint density at radius 1 is 1.14 bits per heavy atom. The second-order valence-corrected chi connectivity index (χ2v) is 7.50. The minimum absolute atomic E-state index is 0.304. The number of quaternary nitrogens is 1. The molecule has 0 saturated carbocycles. The molecule has 0 spiro atoms. The molecule has 2 heterocycles. The summed E-state index contributed by atoms with van der Waals surface area (Å²) in [7, 11) is 0. The molecule has 1 saturated heterocycles. The Morgan fingerprint density at radius 3 is 2.52 bits per heavy atom. The van der Waals surface area contributed by atoms with Crippen LogP contribution in [-0.4, -0.2) is 36.0 Å². The molecule has 0 unspecified atom stereocenters. The van der Waals surface area contributed by atoms with E-state index in [9.17, 15) is 4.39 Å². The van der Waals surface area contributed by atoms with E-state index in [4.69, 9.17) is 21.4 Å². The molecule has 0 amide bonds. The van der Waals surface area contributed by atoms with Gasteiger partial charge in [0.1, 0.15) is 11.6 Å². The zero-order valence-electron chi connectivity index (χ0n) is 16.3. The third kappa shape index (κ3) is 4.83. The fraction of sp³-hybridized carbons (Fsp3) is 0.333. The highest BCUT2D eigenvalue weighted by Crippen LogP contribution is 2.21. The number of benzene rings is 2. The van der Waals surface area contributed by atoms with Crippen LogP contribution in [0.15, 0.2) is 59.0 Å². The van der Waals surface area contributed by atoms with Crippen molar-refractivity contribution in [2.45, 2.75) is 19.7 Å². The van der Waals surface area contributed by atoms with Crippen molar-refractivity contribution in [2.75, 3.05) is 31.1 Å². The van der Waals surface area contributed by atoms with Crippen LogP contribution in [0.25, 0.3) is 0 Å². The zero-order valence-corrected chi connectivity index (χ0v) is 17.1. The third-order valence-corrected chi connectivity index (χ3v) is 5.36. The molecular weight excluding hydrogens is 391 g/mol. The van der Waals surface area contributed by atoms with Gasteiger partial charge in [-0.3, -0.25) is 0 Å². The number of piperazine rings is 1. The van der Waals surface area contributed by atoms with Crippen molar-refractivity contribution < 1.29 is 18.4 Å². The highest BCUT2D eigenvalue weighted by Gasteiger charge is 2.22. The first-order valence-corrected chi connectivity index (χ1v) is 10.1. The van der Waals surface area contributed by atoms with E-state index >= 15 is 0 Å². The predicted molar refractivity (Wildman–Crippen MR) is 110 cm³/mol. The van der Waals surface area contributed by atoms with E-state index in [1.54, 1.807) is 16.8 Å². The minimum atomic E-state index is -0.423. The fourth-order valence-electron chi connectivity index (χ4n) is 3.44. The summed E-state index contributed by atoms with van der Waals surface area (Å²) in [6, 6.07) is 16.3. The second kappa shape index (κ2) is 8.75. The summed E-state index contributed by atoms with van der Waals surface area (Å²) in [5, 5.41) is 4.51. The molecule has 0 radical (unpaired) electrons. The van der Waals surface area contributed by atoms with Gasteiger partial charge >= 0.3 is 0 Å². The average molecular weight is 416 g/mol. The van der Waals surface area contributed by atoms with Crippen LogP contribution in [0.3, 0.4) is 0 Å². The fourth-order valence-corrected chi connectivity index (χ4v) is 3.63. The molecule has 1 aliphatic rings. The van der Waals surface area contributed by atoms with Crippen LogP contribution in [0.1, 0.15) is 18.9 Å².